The van der Waals surface area contributed by atoms with Gasteiger partial charge in [0, 0.05) is 11.8 Å². The summed E-state index contributed by atoms with van der Waals surface area (Å²) in [4.78, 5) is 18.8. The average Bonchev–Trinajstić information content (AvgIpc) is 2.49. The number of rotatable bonds is 3. The zero-order valence-corrected chi connectivity index (χ0v) is 13.3. The van der Waals surface area contributed by atoms with E-state index in [1.165, 1.54) is 30.5 Å². The quantitative estimate of drug-likeness (QED) is 0.883. The summed E-state index contributed by atoms with van der Waals surface area (Å²) in [7, 11) is -3.28. The molecule has 0 fully saturated rings. The van der Waals surface area contributed by atoms with Gasteiger partial charge in [0.25, 0.3) is 0 Å². The van der Waals surface area contributed by atoms with Crippen LogP contribution in [0.2, 0.25) is 0 Å². The number of carboxylic acids is 1. The van der Waals surface area contributed by atoms with E-state index in [4.69, 9.17) is 10.8 Å². The molecule has 0 aliphatic carbocycles. The molecule has 0 aliphatic heterocycles. The highest BCUT2D eigenvalue weighted by atomic mass is 32.2. The van der Waals surface area contributed by atoms with E-state index in [9.17, 15) is 13.2 Å². The number of nitrogens with two attached hydrogens (primary N) is 1. The monoisotopic (exact) mass is 323 g/mol. The Labute approximate surface area is 128 Å². The first kappa shape index (κ1) is 17.6. The van der Waals surface area contributed by atoms with Gasteiger partial charge in [-0.1, -0.05) is 26.0 Å². The van der Waals surface area contributed by atoms with E-state index in [0.29, 0.717) is 11.3 Å². The molecule has 0 aliphatic rings. The molecule has 2 aromatic rings. The lowest BCUT2D eigenvalue weighted by molar-refractivity contribution is 0.0691. The van der Waals surface area contributed by atoms with Crippen molar-refractivity contribution in [2.24, 2.45) is 0 Å². The Bertz CT molecular complexity index is 771. The molecule has 0 unspecified atom stereocenters. The maximum atomic E-state index is 11.3. The fourth-order valence-electron chi connectivity index (χ4n) is 1.57. The Balaban J connectivity index is 0.00000116. The number of aromatic nitrogens is 2. The molecule has 2 rings (SSSR count). The Hall–Kier alpha value is -2.48. The Morgan fingerprint density at radius 3 is 2.18 bits per heavy atom. The van der Waals surface area contributed by atoms with E-state index in [1.807, 2.05) is 13.8 Å². The minimum atomic E-state index is -3.28. The number of benzene rings is 1. The summed E-state index contributed by atoms with van der Waals surface area (Å²) in [6.07, 6.45) is 2.44. The number of hydrogen-bond donors (Lipinski definition) is 2. The number of anilines is 1. The summed E-state index contributed by atoms with van der Waals surface area (Å²) in [5, 5.41) is 8.93. The van der Waals surface area contributed by atoms with Crippen molar-refractivity contribution >= 4 is 21.6 Å². The molecule has 0 spiro atoms. The molecule has 0 amide bonds. The van der Waals surface area contributed by atoms with Gasteiger partial charge < -0.3 is 10.8 Å². The second-order valence-electron chi connectivity index (χ2n) is 4.09. The number of sulfone groups is 1. The molecule has 0 radical (unpaired) electrons. The number of nitrogens with zero attached hydrogens (tertiary/aromatic N) is 2. The number of carboxylic acid groups (broad SMARTS) is 1. The molecule has 0 saturated carbocycles. The first-order valence-electron chi connectivity index (χ1n) is 6.45. The van der Waals surface area contributed by atoms with E-state index in [-0.39, 0.29) is 16.4 Å². The van der Waals surface area contributed by atoms with Crippen molar-refractivity contribution in [1.82, 2.24) is 9.97 Å². The predicted molar refractivity (Wildman–Crippen MR) is 83.3 cm³/mol. The minimum absolute atomic E-state index is 0.170. The Morgan fingerprint density at radius 1 is 1.18 bits per heavy atom. The van der Waals surface area contributed by atoms with Gasteiger partial charge in [-0.25, -0.2) is 23.2 Å². The smallest absolute Gasteiger partial charge is 0.358 e. The SMILES string of the molecule is CC.CS(=O)(=O)c1ccc(-c2cnc(N)c(C(=O)O)n2)cc1. The molecular weight excluding hydrogens is 306 g/mol. The first-order chi connectivity index (χ1) is 10.3. The van der Waals surface area contributed by atoms with Crippen LogP contribution < -0.4 is 5.73 Å². The summed E-state index contributed by atoms with van der Waals surface area (Å²) in [5.74, 6) is -1.45. The van der Waals surface area contributed by atoms with Crippen molar-refractivity contribution in [3.8, 4) is 11.3 Å². The zero-order valence-electron chi connectivity index (χ0n) is 12.4. The lowest BCUT2D eigenvalue weighted by atomic mass is 10.1. The first-order valence-corrected chi connectivity index (χ1v) is 8.34. The van der Waals surface area contributed by atoms with Crippen LogP contribution in [0, 0.1) is 0 Å². The van der Waals surface area contributed by atoms with E-state index < -0.39 is 15.8 Å². The van der Waals surface area contributed by atoms with Crippen LogP contribution in [0.1, 0.15) is 24.3 Å². The molecule has 8 heteroatoms. The van der Waals surface area contributed by atoms with Crippen molar-refractivity contribution in [3.63, 3.8) is 0 Å². The molecule has 118 valence electrons. The number of nitrogen functional groups attached to an aromatic ring is 1. The summed E-state index contributed by atoms with van der Waals surface area (Å²) < 4.78 is 22.7. The molecule has 1 aromatic carbocycles. The summed E-state index contributed by atoms with van der Waals surface area (Å²) in [5.41, 5.74) is 5.93. The van der Waals surface area contributed by atoms with Gasteiger partial charge in [0.2, 0.25) is 0 Å². The van der Waals surface area contributed by atoms with Gasteiger partial charge in [-0.3, -0.25) is 0 Å². The van der Waals surface area contributed by atoms with Crippen LogP contribution in [-0.2, 0) is 9.84 Å². The van der Waals surface area contributed by atoms with Gasteiger partial charge in [-0.2, -0.15) is 0 Å². The van der Waals surface area contributed by atoms with E-state index >= 15 is 0 Å². The van der Waals surface area contributed by atoms with Gasteiger partial charge in [0.15, 0.2) is 21.3 Å². The van der Waals surface area contributed by atoms with Crippen LogP contribution in [-0.4, -0.2) is 35.7 Å². The topological polar surface area (TPSA) is 123 Å². The number of aromatic carboxylic acids is 1. The lowest BCUT2D eigenvalue weighted by Crippen LogP contribution is -2.08. The predicted octanol–water partition coefficient (Wildman–Crippen LogP) is 1.85. The fraction of sp³-hybridized carbons (Fsp3) is 0.214. The minimum Gasteiger partial charge on any atom is -0.476 e. The normalized spacial score (nSPS) is 10.5. The molecular formula is C14H17N3O4S. The van der Waals surface area contributed by atoms with Gasteiger partial charge in [-0.15, -0.1) is 0 Å². The van der Waals surface area contributed by atoms with Crippen LogP contribution in [0.4, 0.5) is 5.82 Å². The maximum Gasteiger partial charge on any atom is 0.358 e. The Morgan fingerprint density at radius 2 is 1.73 bits per heavy atom. The third-order valence-corrected chi connectivity index (χ3v) is 3.71. The van der Waals surface area contributed by atoms with Gasteiger partial charge >= 0.3 is 5.97 Å². The molecule has 0 atom stereocenters. The van der Waals surface area contributed by atoms with Crippen LogP contribution in [0.25, 0.3) is 11.3 Å². The molecule has 3 N–H and O–H groups in total. The highest BCUT2D eigenvalue weighted by Crippen LogP contribution is 2.20. The average molecular weight is 323 g/mol. The summed E-state index contributed by atoms with van der Waals surface area (Å²) in [6, 6.07) is 5.90. The van der Waals surface area contributed by atoms with Crippen LogP contribution in [0.15, 0.2) is 35.4 Å². The fourth-order valence-corrected chi connectivity index (χ4v) is 2.20. The van der Waals surface area contributed by atoms with E-state index in [1.54, 1.807) is 0 Å². The maximum absolute atomic E-state index is 11.3. The molecule has 0 saturated heterocycles. The standard InChI is InChI=1S/C12H11N3O4S.C2H6/c1-20(18,19)8-4-2-7(3-5-8)9-6-14-11(13)10(15-9)12(16)17;1-2/h2-6H,1H3,(H2,13,14)(H,16,17);1-2H3. The largest absolute Gasteiger partial charge is 0.476 e. The molecule has 1 heterocycles. The Kier molecular flexibility index (Phi) is 5.58. The van der Waals surface area contributed by atoms with Crippen LogP contribution >= 0.6 is 0 Å². The van der Waals surface area contributed by atoms with E-state index in [2.05, 4.69) is 9.97 Å². The molecule has 22 heavy (non-hydrogen) atoms. The van der Waals surface area contributed by atoms with Crippen LogP contribution in [0.3, 0.4) is 0 Å². The molecule has 1 aromatic heterocycles. The second-order valence-corrected chi connectivity index (χ2v) is 6.11. The highest BCUT2D eigenvalue weighted by molar-refractivity contribution is 7.90. The summed E-state index contributed by atoms with van der Waals surface area (Å²) in [6.45, 7) is 4.00. The lowest BCUT2D eigenvalue weighted by Gasteiger charge is -2.05. The number of hydrogen-bond acceptors (Lipinski definition) is 6. The van der Waals surface area contributed by atoms with Gasteiger partial charge in [0.1, 0.15) is 0 Å². The molecule has 0 bridgehead atoms. The van der Waals surface area contributed by atoms with Crippen molar-refractivity contribution in [3.05, 3.63) is 36.2 Å². The van der Waals surface area contributed by atoms with Crippen molar-refractivity contribution in [1.29, 1.82) is 0 Å². The third kappa shape index (κ3) is 4.01. The van der Waals surface area contributed by atoms with Crippen molar-refractivity contribution in [2.45, 2.75) is 18.7 Å². The third-order valence-electron chi connectivity index (χ3n) is 2.58. The van der Waals surface area contributed by atoms with Crippen molar-refractivity contribution < 1.29 is 18.3 Å². The zero-order chi connectivity index (χ0) is 16.9. The van der Waals surface area contributed by atoms with Gasteiger partial charge in [0.05, 0.1) is 16.8 Å². The second kappa shape index (κ2) is 6.99. The van der Waals surface area contributed by atoms with Crippen molar-refractivity contribution in [2.75, 3.05) is 12.0 Å². The highest BCUT2D eigenvalue weighted by Gasteiger charge is 2.13. The molecule has 7 nitrogen and oxygen atoms in total. The van der Waals surface area contributed by atoms with E-state index in [0.717, 1.165) is 6.26 Å². The van der Waals surface area contributed by atoms with Gasteiger partial charge in [-0.05, 0) is 12.1 Å². The summed E-state index contributed by atoms with van der Waals surface area (Å²) >= 11 is 0. The van der Waals surface area contributed by atoms with Crippen LogP contribution in [0.5, 0.6) is 0 Å². The number of carbonyl (C=O) groups is 1.